The molecule has 232 valence electrons. The lowest BCUT2D eigenvalue weighted by Gasteiger charge is -2.31. The van der Waals surface area contributed by atoms with Crippen molar-refractivity contribution in [3.63, 3.8) is 0 Å². The number of nitriles is 2. The molecule has 3 aromatic carbocycles. The van der Waals surface area contributed by atoms with Gasteiger partial charge in [0.2, 0.25) is 0 Å². The van der Waals surface area contributed by atoms with Crippen molar-refractivity contribution in [1.82, 2.24) is 9.13 Å². The van der Waals surface area contributed by atoms with Gasteiger partial charge in [0.25, 0.3) is 0 Å². The van der Waals surface area contributed by atoms with Crippen molar-refractivity contribution in [2.45, 2.75) is 46.0 Å². The highest BCUT2D eigenvalue weighted by molar-refractivity contribution is 6.17. The molecule has 0 spiro atoms. The maximum Gasteiger partial charge on any atom is 0.145 e. The molecule has 4 aliphatic carbocycles. The summed E-state index contributed by atoms with van der Waals surface area (Å²) in [5.41, 5.74) is 11.3. The van der Waals surface area contributed by atoms with Crippen LogP contribution < -0.4 is 0 Å². The molecule has 48 heavy (non-hydrogen) atoms. The lowest BCUT2D eigenvalue weighted by Crippen LogP contribution is -2.23. The molecule has 3 unspecified atom stereocenters. The van der Waals surface area contributed by atoms with Crippen molar-refractivity contribution in [3.8, 4) is 12.1 Å². The third kappa shape index (κ3) is 3.65. The van der Waals surface area contributed by atoms with E-state index in [1.807, 2.05) is 12.1 Å². The van der Waals surface area contributed by atoms with Gasteiger partial charge in [-0.1, -0.05) is 69.3 Å². The largest absolute Gasteiger partial charge is 0.455 e. The van der Waals surface area contributed by atoms with E-state index >= 15 is 0 Å². The third-order valence-electron chi connectivity index (χ3n) is 11.5. The zero-order valence-electron chi connectivity index (χ0n) is 27.3. The second-order valence-corrected chi connectivity index (χ2v) is 15.1. The lowest BCUT2D eigenvalue weighted by atomic mass is 9.74. The summed E-state index contributed by atoms with van der Waals surface area (Å²) >= 11 is 0. The predicted molar refractivity (Wildman–Crippen MR) is 194 cm³/mol. The van der Waals surface area contributed by atoms with Crippen molar-refractivity contribution in [2.24, 2.45) is 23.2 Å². The van der Waals surface area contributed by atoms with Crippen LogP contribution in [0.1, 0.15) is 62.0 Å². The van der Waals surface area contributed by atoms with E-state index in [0.29, 0.717) is 29.7 Å². The minimum Gasteiger partial charge on any atom is -0.455 e. The Hall–Kier alpha value is -5.52. The second-order valence-electron chi connectivity index (χ2n) is 15.1. The van der Waals surface area contributed by atoms with E-state index in [-0.39, 0.29) is 5.41 Å². The van der Waals surface area contributed by atoms with Gasteiger partial charge >= 0.3 is 0 Å². The lowest BCUT2D eigenvalue weighted by molar-refractivity contribution is 0.291. The van der Waals surface area contributed by atoms with Crippen molar-refractivity contribution < 1.29 is 4.42 Å². The molecule has 0 aliphatic heterocycles. The first kappa shape index (κ1) is 27.6. The SMILES string of the molecule is CC(C)(C)C1C=Cc2c(c3c4oc5ccccc5c4ccc3n2C2=C(C#N)CC(C#N)C(n3c4c(c5ccccc53)[C@H]3CC3C=C4)=C2)C1. The Morgan fingerprint density at radius 1 is 0.812 bits per heavy atom. The minimum absolute atomic E-state index is 0.0854. The quantitative estimate of drug-likeness (QED) is 0.193. The highest BCUT2D eigenvalue weighted by Crippen LogP contribution is 2.56. The summed E-state index contributed by atoms with van der Waals surface area (Å²) in [6, 6.07) is 26.4. The molecule has 0 saturated heterocycles. The van der Waals surface area contributed by atoms with Gasteiger partial charge in [-0.3, -0.25) is 0 Å². The van der Waals surface area contributed by atoms with E-state index in [2.05, 4.69) is 121 Å². The number of nitrogens with zero attached hydrogens (tertiary/aromatic N) is 4. The molecule has 5 heteroatoms. The highest BCUT2D eigenvalue weighted by Gasteiger charge is 2.43. The molecule has 3 heterocycles. The first-order chi connectivity index (χ1) is 23.4. The van der Waals surface area contributed by atoms with Crippen LogP contribution in [0.5, 0.6) is 0 Å². The fourth-order valence-electron chi connectivity index (χ4n) is 8.85. The summed E-state index contributed by atoms with van der Waals surface area (Å²) in [5.74, 6) is 1.05. The van der Waals surface area contributed by atoms with Crippen LogP contribution in [-0.2, 0) is 6.42 Å². The normalized spacial score (nSPS) is 22.9. The van der Waals surface area contributed by atoms with E-state index < -0.39 is 5.92 Å². The topological polar surface area (TPSA) is 70.6 Å². The summed E-state index contributed by atoms with van der Waals surface area (Å²) < 4.78 is 11.3. The van der Waals surface area contributed by atoms with Crippen molar-refractivity contribution in [3.05, 3.63) is 107 Å². The monoisotopic (exact) mass is 622 g/mol. The molecule has 0 N–H and O–H groups in total. The molecule has 4 atom stereocenters. The Morgan fingerprint density at radius 2 is 1.60 bits per heavy atom. The molecule has 1 saturated carbocycles. The zero-order chi connectivity index (χ0) is 32.5. The Balaban J connectivity index is 1.28. The van der Waals surface area contributed by atoms with Crippen LogP contribution in [0.3, 0.4) is 0 Å². The summed E-state index contributed by atoms with van der Waals surface area (Å²) in [4.78, 5) is 0. The number of rotatable bonds is 2. The maximum atomic E-state index is 10.7. The van der Waals surface area contributed by atoms with Gasteiger partial charge in [-0.15, -0.1) is 0 Å². The second kappa shape index (κ2) is 9.52. The molecule has 4 aliphatic rings. The van der Waals surface area contributed by atoms with Crippen LogP contribution in [0.2, 0.25) is 0 Å². The highest BCUT2D eigenvalue weighted by atomic mass is 16.3. The van der Waals surface area contributed by atoms with Crippen molar-refractivity contribution >= 4 is 67.3 Å². The van der Waals surface area contributed by atoms with Gasteiger partial charge in [0.05, 0.1) is 40.4 Å². The van der Waals surface area contributed by atoms with E-state index in [1.54, 1.807) is 0 Å². The summed E-state index contributed by atoms with van der Waals surface area (Å²) in [7, 11) is 0. The molecule has 6 aromatic rings. The molecule has 0 radical (unpaired) electrons. The maximum absolute atomic E-state index is 10.7. The average molecular weight is 623 g/mol. The molecule has 1 fully saturated rings. The number of aromatic nitrogens is 2. The number of allylic oxidation sites excluding steroid dienone is 6. The van der Waals surface area contributed by atoms with Gasteiger partial charge in [0, 0.05) is 45.1 Å². The molecule has 3 aromatic heterocycles. The van der Waals surface area contributed by atoms with Crippen molar-refractivity contribution in [1.29, 1.82) is 10.5 Å². The smallest absolute Gasteiger partial charge is 0.145 e. The third-order valence-corrected chi connectivity index (χ3v) is 11.5. The first-order valence-corrected chi connectivity index (χ1v) is 17.1. The molecular formula is C43H34N4O. The van der Waals surface area contributed by atoms with E-state index in [9.17, 15) is 10.5 Å². The fraction of sp³-hybridized carbons (Fsp3) is 0.256. The Morgan fingerprint density at radius 3 is 2.42 bits per heavy atom. The number of hydrogen-bond donors (Lipinski definition) is 0. The van der Waals surface area contributed by atoms with E-state index in [1.165, 1.54) is 28.6 Å². The molecule has 10 rings (SSSR count). The number of benzene rings is 3. The van der Waals surface area contributed by atoms with Gasteiger partial charge in [-0.2, -0.15) is 10.5 Å². The van der Waals surface area contributed by atoms with Gasteiger partial charge < -0.3 is 13.6 Å². The Kier molecular flexibility index (Phi) is 5.47. The molecular weight excluding hydrogens is 589 g/mol. The average Bonchev–Trinajstić information content (AvgIpc) is 3.53. The predicted octanol–water partition coefficient (Wildman–Crippen LogP) is 10.7. The Labute approximate surface area is 279 Å². The number of fused-ring (bicyclic) bond motifs is 12. The van der Waals surface area contributed by atoms with Crippen LogP contribution in [0, 0.1) is 45.8 Å². The summed E-state index contributed by atoms with van der Waals surface area (Å²) in [5, 5.41) is 25.9. The van der Waals surface area contributed by atoms with E-state index in [0.717, 1.165) is 61.9 Å². The first-order valence-electron chi connectivity index (χ1n) is 17.1. The van der Waals surface area contributed by atoms with Crippen LogP contribution in [0.25, 0.3) is 67.3 Å². The van der Waals surface area contributed by atoms with Crippen LogP contribution in [0.4, 0.5) is 0 Å². The summed E-state index contributed by atoms with van der Waals surface area (Å²) in [6.07, 6.45) is 13.8. The molecule has 0 bridgehead atoms. The van der Waals surface area contributed by atoms with Crippen molar-refractivity contribution in [2.75, 3.05) is 0 Å². The number of para-hydroxylation sites is 2. The number of furan rings is 1. The van der Waals surface area contributed by atoms with Crippen LogP contribution in [-0.4, -0.2) is 9.13 Å². The van der Waals surface area contributed by atoms with Gasteiger partial charge in [-0.25, -0.2) is 0 Å². The Bertz CT molecular complexity index is 2630. The summed E-state index contributed by atoms with van der Waals surface area (Å²) in [6.45, 7) is 6.91. The van der Waals surface area contributed by atoms with Crippen LogP contribution in [0.15, 0.2) is 88.9 Å². The zero-order valence-corrected chi connectivity index (χ0v) is 27.3. The van der Waals surface area contributed by atoms with Crippen LogP contribution >= 0.6 is 0 Å². The molecule has 5 nitrogen and oxygen atoms in total. The molecule has 0 amide bonds. The standard InChI is InChI=1S/C43H34N4O/c1-43(2,3)27-13-16-34-32(20-27)41-36(17-14-29-28-8-5-7-11-39(28)48-42(29)41)47(34)38-21-37(25(22-44)18-26(38)23-45)46-33-10-6-4-9-30(33)40-31-19-24(31)12-15-35(40)46/h4-17,21,24-25,27,31H,18-20H2,1-3H3/t24?,25?,27?,31-/m0/s1. The fourth-order valence-corrected chi connectivity index (χ4v) is 8.85. The number of hydrogen-bond acceptors (Lipinski definition) is 3. The minimum atomic E-state index is -0.450. The van der Waals surface area contributed by atoms with Gasteiger partial charge in [0.1, 0.15) is 11.2 Å². The van der Waals surface area contributed by atoms with Gasteiger partial charge in [0.15, 0.2) is 0 Å². The van der Waals surface area contributed by atoms with Gasteiger partial charge in [-0.05, 0) is 89.6 Å². The van der Waals surface area contributed by atoms with E-state index in [4.69, 9.17) is 4.42 Å².